The van der Waals surface area contributed by atoms with Crippen molar-refractivity contribution < 1.29 is 19.0 Å². The van der Waals surface area contributed by atoms with Gasteiger partial charge in [-0.25, -0.2) is 0 Å². The standard InChI is InChI=1S/C23H36O4/c1-20-8-6-19-17(18(20)7-9-21(20,2)25-3)5-4-16-14-23(26-12-13-27-23)11-10-22(16,19)15-24/h15-19H,4-14H2,1-3H3/t16-,17+,18+,19+,20+,21?,22-/m1/s1. The molecule has 4 nitrogen and oxygen atoms in total. The van der Waals surface area contributed by atoms with Crippen LogP contribution >= 0.6 is 0 Å². The summed E-state index contributed by atoms with van der Waals surface area (Å²) in [4.78, 5) is 12.6. The quantitative estimate of drug-likeness (QED) is 0.672. The molecule has 0 aromatic rings. The lowest BCUT2D eigenvalue weighted by molar-refractivity contribution is -0.229. The molecule has 5 rings (SSSR count). The second kappa shape index (κ2) is 6.03. The van der Waals surface area contributed by atoms with Gasteiger partial charge in [-0.1, -0.05) is 6.92 Å². The maximum atomic E-state index is 12.6. The highest BCUT2D eigenvalue weighted by Gasteiger charge is 2.66. The van der Waals surface area contributed by atoms with Gasteiger partial charge >= 0.3 is 0 Å². The van der Waals surface area contributed by atoms with Crippen LogP contribution in [0.25, 0.3) is 0 Å². The van der Waals surface area contributed by atoms with E-state index < -0.39 is 0 Å². The van der Waals surface area contributed by atoms with Crippen molar-refractivity contribution in [3.05, 3.63) is 0 Å². The van der Waals surface area contributed by atoms with Crippen molar-refractivity contribution in [2.24, 2.45) is 34.5 Å². The third-order valence-electron chi connectivity index (χ3n) is 10.2. The molecule has 1 heterocycles. The first-order chi connectivity index (χ1) is 12.9. The van der Waals surface area contributed by atoms with Gasteiger partial charge in [-0.15, -0.1) is 0 Å². The van der Waals surface area contributed by atoms with Crippen LogP contribution in [-0.4, -0.2) is 38.0 Å². The molecule has 5 fully saturated rings. The van der Waals surface area contributed by atoms with E-state index in [1.54, 1.807) is 0 Å². The first-order valence-electron chi connectivity index (χ1n) is 11.2. The number of aldehydes is 1. The topological polar surface area (TPSA) is 44.8 Å². The zero-order chi connectivity index (χ0) is 18.9. The van der Waals surface area contributed by atoms with Gasteiger partial charge in [0, 0.05) is 25.4 Å². The Morgan fingerprint density at radius 3 is 2.37 bits per heavy atom. The largest absolute Gasteiger partial charge is 0.378 e. The van der Waals surface area contributed by atoms with Crippen LogP contribution in [0.5, 0.6) is 0 Å². The van der Waals surface area contributed by atoms with Gasteiger partial charge in [0.2, 0.25) is 0 Å². The van der Waals surface area contributed by atoms with E-state index in [4.69, 9.17) is 14.2 Å². The van der Waals surface area contributed by atoms with Crippen molar-refractivity contribution >= 4 is 6.29 Å². The molecule has 0 bridgehead atoms. The molecule has 1 spiro atoms. The molecule has 1 unspecified atom stereocenters. The molecule has 4 heteroatoms. The summed E-state index contributed by atoms with van der Waals surface area (Å²) in [6.45, 7) is 6.22. The van der Waals surface area contributed by atoms with Gasteiger partial charge in [-0.3, -0.25) is 0 Å². The summed E-state index contributed by atoms with van der Waals surface area (Å²) in [6.07, 6.45) is 11.4. The van der Waals surface area contributed by atoms with Crippen LogP contribution in [0.2, 0.25) is 0 Å². The average molecular weight is 377 g/mol. The van der Waals surface area contributed by atoms with Crippen LogP contribution in [0.3, 0.4) is 0 Å². The molecule has 0 amide bonds. The molecule has 1 aliphatic heterocycles. The Labute approximate surface area is 163 Å². The predicted molar refractivity (Wildman–Crippen MR) is 102 cm³/mol. The van der Waals surface area contributed by atoms with E-state index in [2.05, 4.69) is 13.8 Å². The second-order valence-corrected chi connectivity index (χ2v) is 10.6. The monoisotopic (exact) mass is 376 g/mol. The van der Waals surface area contributed by atoms with E-state index in [1.165, 1.54) is 32.0 Å². The number of rotatable bonds is 2. The zero-order valence-electron chi connectivity index (χ0n) is 17.3. The molecule has 4 aliphatic carbocycles. The molecule has 27 heavy (non-hydrogen) atoms. The van der Waals surface area contributed by atoms with Crippen LogP contribution in [0.1, 0.15) is 71.6 Å². The molecule has 152 valence electrons. The minimum Gasteiger partial charge on any atom is -0.378 e. The third-order valence-corrected chi connectivity index (χ3v) is 10.2. The smallest absolute Gasteiger partial charge is 0.168 e. The van der Waals surface area contributed by atoms with E-state index >= 15 is 0 Å². The molecule has 0 radical (unpaired) electrons. The van der Waals surface area contributed by atoms with Crippen molar-refractivity contribution in [2.75, 3.05) is 20.3 Å². The zero-order valence-corrected chi connectivity index (χ0v) is 17.3. The number of fused-ring (bicyclic) bond motifs is 5. The first kappa shape index (κ1) is 18.6. The summed E-state index contributed by atoms with van der Waals surface area (Å²) in [5, 5.41) is 0. The van der Waals surface area contributed by atoms with Gasteiger partial charge in [-0.2, -0.15) is 0 Å². The minimum atomic E-state index is -0.380. The highest BCUT2D eigenvalue weighted by molar-refractivity contribution is 5.62. The molecule has 1 saturated heterocycles. The van der Waals surface area contributed by atoms with E-state index in [0.29, 0.717) is 36.9 Å². The van der Waals surface area contributed by atoms with Crippen molar-refractivity contribution in [1.82, 2.24) is 0 Å². The SMILES string of the molecule is COC1(C)CC[C@H]2[C@@H]3CC[C@@H]4CC5(CC[C@]4(C=O)[C@H]3CC[C@@]21C)OCCO5. The Balaban J connectivity index is 1.44. The lowest BCUT2D eigenvalue weighted by Crippen LogP contribution is -2.59. The van der Waals surface area contributed by atoms with Gasteiger partial charge in [0.15, 0.2) is 5.79 Å². The summed E-state index contributed by atoms with van der Waals surface area (Å²) < 4.78 is 18.1. The molecule has 5 aliphatic rings. The fourth-order valence-electron chi connectivity index (χ4n) is 8.45. The molecule has 0 aromatic heterocycles. The maximum Gasteiger partial charge on any atom is 0.168 e. The number of carbonyl (C=O) groups is 1. The van der Waals surface area contributed by atoms with Crippen molar-refractivity contribution in [3.63, 3.8) is 0 Å². The fourth-order valence-corrected chi connectivity index (χ4v) is 8.45. The van der Waals surface area contributed by atoms with E-state index in [-0.39, 0.29) is 22.2 Å². The normalized spacial score (nSPS) is 53.6. The second-order valence-electron chi connectivity index (χ2n) is 10.6. The molecule has 0 aromatic carbocycles. The summed E-state index contributed by atoms with van der Waals surface area (Å²) >= 11 is 0. The highest BCUT2D eigenvalue weighted by Crippen LogP contribution is 2.69. The molecule has 4 saturated carbocycles. The summed E-state index contributed by atoms with van der Waals surface area (Å²) in [5.41, 5.74) is 0.111. The number of hydrogen-bond donors (Lipinski definition) is 0. The van der Waals surface area contributed by atoms with Crippen LogP contribution < -0.4 is 0 Å². The van der Waals surface area contributed by atoms with Crippen LogP contribution in [0.15, 0.2) is 0 Å². The Kier molecular flexibility index (Phi) is 4.14. The minimum absolute atomic E-state index is 0.00399. The molecule has 0 N–H and O–H groups in total. The van der Waals surface area contributed by atoms with Gasteiger partial charge in [-0.05, 0) is 81.0 Å². The number of carbonyl (C=O) groups excluding carboxylic acids is 1. The summed E-state index contributed by atoms with van der Waals surface area (Å²) in [6, 6.07) is 0. The number of ether oxygens (including phenoxy) is 3. The third kappa shape index (κ3) is 2.30. The summed E-state index contributed by atoms with van der Waals surface area (Å²) in [7, 11) is 1.89. The van der Waals surface area contributed by atoms with Gasteiger partial charge < -0.3 is 19.0 Å². The Morgan fingerprint density at radius 1 is 0.926 bits per heavy atom. The first-order valence-corrected chi connectivity index (χ1v) is 11.2. The van der Waals surface area contributed by atoms with E-state index in [0.717, 1.165) is 32.1 Å². The van der Waals surface area contributed by atoms with Gasteiger partial charge in [0.1, 0.15) is 6.29 Å². The highest BCUT2D eigenvalue weighted by atomic mass is 16.7. The van der Waals surface area contributed by atoms with Crippen molar-refractivity contribution in [1.29, 1.82) is 0 Å². The Hall–Kier alpha value is -0.450. The Bertz CT molecular complexity index is 613. The van der Waals surface area contributed by atoms with Crippen LogP contribution in [0.4, 0.5) is 0 Å². The maximum absolute atomic E-state index is 12.6. The van der Waals surface area contributed by atoms with Crippen LogP contribution in [0, 0.1) is 34.5 Å². The number of hydrogen-bond acceptors (Lipinski definition) is 4. The lowest BCUT2D eigenvalue weighted by Gasteiger charge is -2.61. The average Bonchev–Trinajstić information content (AvgIpc) is 3.24. The predicted octanol–water partition coefficient (Wildman–Crippen LogP) is 4.36. The van der Waals surface area contributed by atoms with Crippen molar-refractivity contribution in [2.45, 2.75) is 83.0 Å². The summed E-state index contributed by atoms with van der Waals surface area (Å²) in [5.74, 6) is 1.98. The van der Waals surface area contributed by atoms with E-state index in [1.807, 2.05) is 7.11 Å². The van der Waals surface area contributed by atoms with Gasteiger partial charge in [0.25, 0.3) is 0 Å². The molecular formula is C23H36O4. The number of methoxy groups -OCH3 is 1. The van der Waals surface area contributed by atoms with E-state index in [9.17, 15) is 4.79 Å². The van der Waals surface area contributed by atoms with Crippen molar-refractivity contribution in [3.8, 4) is 0 Å². The fraction of sp³-hybridized carbons (Fsp3) is 0.957. The Morgan fingerprint density at radius 2 is 1.67 bits per heavy atom. The lowest BCUT2D eigenvalue weighted by atomic mass is 9.44. The van der Waals surface area contributed by atoms with Gasteiger partial charge in [0.05, 0.1) is 18.8 Å². The molecule has 7 atom stereocenters. The van der Waals surface area contributed by atoms with Crippen LogP contribution in [-0.2, 0) is 19.0 Å². The molecular weight excluding hydrogens is 340 g/mol.